The first-order valence-electron chi connectivity index (χ1n) is 10.2. The van der Waals surface area contributed by atoms with Gasteiger partial charge in [-0.3, -0.25) is 9.59 Å². The highest BCUT2D eigenvalue weighted by Gasteiger charge is 2.19. The number of pyridine rings is 2. The number of aryl methyl sites for hydroxylation is 2. The minimum atomic E-state index is -0.352. The molecule has 7 heteroatoms. The molecule has 2 aromatic rings. The smallest absolute Gasteiger partial charge is 0.253 e. The number of nitrogens with zero attached hydrogens (tertiary/aromatic N) is 1. The second-order valence-corrected chi connectivity index (χ2v) is 7.55. The van der Waals surface area contributed by atoms with Crippen LogP contribution >= 0.6 is 0 Å². The van der Waals surface area contributed by atoms with Crippen molar-refractivity contribution in [2.24, 2.45) is 0 Å². The SMILES string of the molecule is C/C=C(\CC)c1cc(C(=O)NCc2c(C)cc(C)[nH]c2=O)c(C=N)c(NC(C)C)n1. The number of nitrogens with one attached hydrogen (secondary N) is 4. The summed E-state index contributed by atoms with van der Waals surface area (Å²) in [6.07, 6.45) is 3.89. The summed E-state index contributed by atoms with van der Waals surface area (Å²) in [7, 11) is 0. The van der Waals surface area contributed by atoms with E-state index in [2.05, 4.69) is 20.6 Å². The molecule has 30 heavy (non-hydrogen) atoms. The van der Waals surface area contributed by atoms with Crippen LogP contribution in [0.4, 0.5) is 5.82 Å². The third-order valence-electron chi connectivity index (χ3n) is 4.85. The van der Waals surface area contributed by atoms with E-state index in [-0.39, 0.29) is 24.1 Å². The normalized spacial score (nSPS) is 11.5. The van der Waals surface area contributed by atoms with Crippen LogP contribution in [0.5, 0.6) is 0 Å². The maximum Gasteiger partial charge on any atom is 0.253 e. The van der Waals surface area contributed by atoms with Gasteiger partial charge in [0, 0.05) is 35.6 Å². The predicted molar refractivity (Wildman–Crippen MR) is 123 cm³/mol. The number of amides is 1. The van der Waals surface area contributed by atoms with Gasteiger partial charge in [0.15, 0.2) is 0 Å². The number of carbonyl (C=O) groups excluding carboxylic acids is 1. The zero-order valence-electron chi connectivity index (χ0n) is 18.6. The number of aromatic amines is 1. The number of hydrogen-bond acceptors (Lipinski definition) is 5. The van der Waals surface area contributed by atoms with Crippen LogP contribution in [0.25, 0.3) is 5.57 Å². The number of rotatable bonds is 8. The van der Waals surface area contributed by atoms with Crippen molar-refractivity contribution in [3.05, 3.63) is 62.2 Å². The molecule has 2 heterocycles. The first-order chi connectivity index (χ1) is 14.2. The van der Waals surface area contributed by atoms with Crippen LogP contribution in [0.1, 0.15) is 72.6 Å². The van der Waals surface area contributed by atoms with Crippen LogP contribution < -0.4 is 16.2 Å². The maximum atomic E-state index is 13.1. The molecule has 2 rings (SSSR count). The molecule has 0 aromatic carbocycles. The van der Waals surface area contributed by atoms with Gasteiger partial charge in [-0.1, -0.05) is 13.0 Å². The van der Waals surface area contributed by atoms with Gasteiger partial charge < -0.3 is 21.0 Å². The van der Waals surface area contributed by atoms with Gasteiger partial charge in [0.1, 0.15) is 5.82 Å². The summed E-state index contributed by atoms with van der Waals surface area (Å²) in [5, 5.41) is 13.9. The molecule has 7 nitrogen and oxygen atoms in total. The third kappa shape index (κ3) is 5.23. The summed E-state index contributed by atoms with van der Waals surface area (Å²) >= 11 is 0. The lowest BCUT2D eigenvalue weighted by molar-refractivity contribution is 0.0950. The van der Waals surface area contributed by atoms with Gasteiger partial charge >= 0.3 is 0 Å². The van der Waals surface area contributed by atoms with Crippen molar-refractivity contribution in [1.29, 1.82) is 5.41 Å². The highest BCUT2D eigenvalue weighted by atomic mass is 16.1. The van der Waals surface area contributed by atoms with Gasteiger partial charge in [-0.2, -0.15) is 0 Å². The van der Waals surface area contributed by atoms with E-state index >= 15 is 0 Å². The van der Waals surface area contributed by atoms with Crippen molar-refractivity contribution >= 4 is 23.5 Å². The van der Waals surface area contributed by atoms with E-state index in [9.17, 15) is 9.59 Å². The highest BCUT2D eigenvalue weighted by molar-refractivity contribution is 6.05. The number of anilines is 1. The summed E-state index contributed by atoms with van der Waals surface area (Å²) in [6, 6.07) is 3.68. The Labute approximate surface area is 177 Å². The molecule has 0 aliphatic carbocycles. The fourth-order valence-corrected chi connectivity index (χ4v) is 3.34. The van der Waals surface area contributed by atoms with Gasteiger partial charge in [0.05, 0.1) is 11.3 Å². The van der Waals surface area contributed by atoms with Crippen LogP contribution in [0.3, 0.4) is 0 Å². The van der Waals surface area contributed by atoms with E-state index in [1.54, 1.807) is 6.07 Å². The van der Waals surface area contributed by atoms with Gasteiger partial charge in [-0.25, -0.2) is 4.98 Å². The zero-order chi connectivity index (χ0) is 22.4. The molecule has 0 aliphatic rings. The van der Waals surface area contributed by atoms with Crippen LogP contribution in [0.15, 0.2) is 23.0 Å². The molecule has 0 spiro atoms. The van der Waals surface area contributed by atoms with Gasteiger partial charge in [0.25, 0.3) is 11.5 Å². The quantitative estimate of drug-likeness (QED) is 0.495. The van der Waals surface area contributed by atoms with E-state index in [0.717, 1.165) is 29.5 Å². The molecule has 0 unspecified atom stereocenters. The first-order valence-corrected chi connectivity index (χ1v) is 10.2. The molecule has 0 fully saturated rings. The molecule has 160 valence electrons. The van der Waals surface area contributed by atoms with Crippen molar-refractivity contribution < 1.29 is 4.79 Å². The lowest BCUT2D eigenvalue weighted by atomic mass is 10.0. The molecule has 0 saturated heterocycles. The lowest BCUT2D eigenvalue weighted by Gasteiger charge is -2.17. The van der Waals surface area contributed by atoms with Crippen LogP contribution in [-0.2, 0) is 6.54 Å². The zero-order valence-corrected chi connectivity index (χ0v) is 18.6. The summed E-state index contributed by atoms with van der Waals surface area (Å²) < 4.78 is 0. The highest BCUT2D eigenvalue weighted by Crippen LogP contribution is 2.24. The number of aromatic nitrogens is 2. The van der Waals surface area contributed by atoms with Crippen LogP contribution in [0.2, 0.25) is 0 Å². The average Bonchev–Trinajstić information content (AvgIpc) is 2.67. The lowest BCUT2D eigenvalue weighted by Crippen LogP contribution is -2.29. The fraction of sp³-hybridized carbons (Fsp3) is 0.391. The van der Waals surface area contributed by atoms with Crippen LogP contribution in [0, 0.1) is 19.3 Å². The second-order valence-electron chi connectivity index (χ2n) is 7.55. The first kappa shape index (κ1) is 23.1. The average molecular weight is 410 g/mol. The Morgan fingerprint density at radius 3 is 2.53 bits per heavy atom. The molecule has 0 atom stereocenters. The van der Waals surface area contributed by atoms with Crippen molar-refractivity contribution in [3.63, 3.8) is 0 Å². The maximum absolute atomic E-state index is 13.1. The topological polar surface area (TPSA) is 111 Å². The number of carbonyl (C=O) groups is 1. The number of H-pyrrole nitrogens is 1. The Morgan fingerprint density at radius 2 is 2.00 bits per heavy atom. The van der Waals surface area contributed by atoms with Crippen molar-refractivity contribution in [2.75, 3.05) is 5.32 Å². The number of hydrogen-bond donors (Lipinski definition) is 4. The van der Waals surface area contributed by atoms with E-state index in [4.69, 9.17) is 5.41 Å². The Bertz CT molecular complexity index is 1030. The molecular formula is C23H31N5O2. The standard InChI is InChI=1S/C23H31N5O2/c1-7-16(8-2)20-10-17(18(11-24)21(28-20)26-13(3)4)22(29)25-12-19-14(5)9-15(6)27-23(19)30/h7,9-11,13,24H,8,12H2,1-6H3,(H,25,29)(H,26,28)(H,27,30)/b16-7+,24-11?. The minimum Gasteiger partial charge on any atom is -0.367 e. The third-order valence-corrected chi connectivity index (χ3v) is 4.85. The Hall–Kier alpha value is -3.22. The van der Waals surface area contributed by atoms with Gasteiger partial charge in [-0.15, -0.1) is 0 Å². The van der Waals surface area contributed by atoms with E-state index < -0.39 is 0 Å². The summed E-state index contributed by atoms with van der Waals surface area (Å²) in [5.41, 5.74) is 4.39. The van der Waals surface area contributed by atoms with Crippen molar-refractivity contribution in [3.8, 4) is 0 Å². The van der Waals surface area contributed by atoms with E-state index in [0.29, 0.717) is 28.2 Å². The molecule has 0 saturated carbocycles. The van der Waals surface area contributed by atoms with E-state index in [1.807, 2.05) is 53.7 Å². The van der Waals surface area contributed by atoms with Crippen LogP contribution in [-0.4, -0.2) is 28.1 Å². The predicted octanol–water partition coefficient (Wildman–Crippen LogP) is 3.95. The minimum absolute atomic E-state index is 0.0896. The molecule has 0 radical (unpaired) electrons. The van der Waals surface area contributed by atoms with Crippen molar-refractivity contribution in [1.82, 2.24) is 15.3 Å². The summed E-state index contributed by atoms with van der Waals surface area (Å²) in [4.78, 5) is 32.8. The second kappa shape index (κ2) is 10.0. The summed E-state index contributed by atoms with van der Waals surface area (Å²) in [6.45, 7) is 11.7. The molecule has 0 bridgehead atoms. The summed E-state index contributed by atoms with van der Waals surface area (Å²) in [5.74, 6) is 0.148. The molecule has 4 N–H and O–H groups in total. The Kier molecular flexibility index (Phi) is 7.69. The largest absolute Gasteiger partial charge is 0.367 e. The number of allylic oxidation sites excluding steroid dienone is 2. The molecule has 1 amide bonds. The Balaban J connectivity index is 2.47. The molecule has 2 aromatic heterocycles. The molecular weight excluding hydrogens is 378 g/mol. The van der Waals surface area contributed by atoms with Crippen molar-refractivity contribution in [2.45, 2.75) is 60.5 Å². The van der Waals surface area contributed by atoms with E-state index in [1.165, 1.54) is 0 Å². The monoisotopic (exact) mass is 409 g/mol. The Morgan fingerprint density at radius 1 is 1.30 bits per heavy atom. The van der Waals surface area contributed by atoms with Gasteiger partial charge in [0.2, 0.25) is 0 Å². The fourth-order valence-electron chi connectivity index (χ4n) is 3.34. The van der Waals surface area contributed by atoms with Gasteiger partial charge in [-0.05, 0) is 64.3 Å². The molecule has 0 aliphatic heterocycles.